The lowest BCUT2D eigenvalue weighted by Crippen LogP contribution is -2.32. The second-order valence-corrected chi connectivity index (χ2v) is 3.70. The van der Waals surface area contributed by atoms with Crippen LogP contribution in [0.4, 0.5) is 5.69 Å². The number of imide groups is 1. The minimum Gasteiger partial charge on any atom is -0.325 e. The van der Waals surface area contributed by atoms with E-state index in [0.29, 0.717) is 5.06 Å². The average molecular weight is 260 g/mol. The first kappa shape index (κ1) is 12.6. The Morgan fingerprint density at radius 1 is 1.32 bits per heavy atom. The zero-order chi connectivity index (χ0) is 13.8. The SMILES string of the molecule is [N-]=[N+]=Nc1cccc(C(=O)ON2C(=O)CCC2=O)c1. The Balaban J connectivity index is 2.16. The zero-order valence-electron chi connectivity index (χ0n) is 9.65. The number of benzene rings is 1. The second-order valence-electron chi connectivity index (χ2n) is 3.70. The van der Waals surface area contributed by atoms with Crippen molar-refractivity contribution >= 4 is 23.5 Å². The quantitative estimate of drug-likeness (QED) is 0.357. The monoisotopic (exact) mass is 260 g/mol. The molecule has 0 aliphatic carbocycles. The third kappa shape index (κ3) is 2.70. The van der Waals surface area contributed by atoms with Crippen LogP contribution >= 0.6 is 0 Å². The molecule has 1 aromatic rings. The molecular weight excluding hydrogens is 252 g/mol. The maximum Gasteiger partial charge on any atom is 0.363 e. The molecule has 0 bridgehead atoms. The molecule has 8 heteroatoms. The van der Waals surface area contributed by atoms with Crippen molar-refractivity contribution in [3.05, 3.63) is 40.3 Å². The summed E-state index contributed by atoms with van der Waals surface area (Å²) in [6.07, 6.45) is 0.0652. The third-order valence-electron chi connectivity index (χ3n) is 2.42. The Hall–Kier alpha value is -2.86. The first-order chi connectivity index (χ1) is 9.11. The number of amides is 2. The van der Waals surface area contributed by atoms with E-state index in [1.165, 1.54) is 24.3 Å². The molecule has 0 saturated carbocycles. The Kier molecular flexibility index (Phi) is 3.44. The van der Waals surface area contributed by atoms with Gasteiger partial charge in [-0.05, 0) is 17.7 Å². The number of hydrogen-bond donors (Lipinski definition) is 0. The summed E-state index contributed by atoms with van der Waals surface area (Å²) in [5, 5.41) is 3.80. The van der Waals surface area contributed by atoms with Gasteiger partial charge in [0.1, 0.15) is 0 Å². The summed E-state index contributed by atoms with van der Waals surface area (Å²) in [4.78, 5) is 41.6. The highest BCUT2D eigenvalue weighted by atomic mass is 16.7. The van der Waals surface area contributed by atoms with E-state index in [1.54, 1.807) is 0 Å². The number of azide groups is 1. The van der Waals surface area contributed by atoms with E-state index in [9.17, 15) is 14.4 Å². The van der Waals surface area contributed by atoms with Gasteiger partial charge in [0.15, 0.2) is 0 Å². The first-order valence-electron chi connectivity index (χ1n) is 5.35. The van der Waals surface area contributed by atoms with Crippen molar-refractivity contribution in [1.82, 2.24) is 5.06 Å². The Morgan fingerprint density at radius 2 is 2.00 bits per heavy atom. The minimum atomic E-state index is -0.862. The van der Waals surface area contributed by atoms with Gasteiger partial charge in [-0.25, -0.2) is 4.79 Å². The number of carbonyl (C=O) groups is 3. The molecule has 2 rings (SSSR count). The Labute approximate surface area is 107 Å². The van der Waals surface area contributed by atoms with Gasteiger partial charge in [0.25, 0.3) is 11.8 Å². The average Bonchev–Trinajstić information content (AvgIpc) is 2.71. The van der Waals surface area contributed by atoms with Crippen LogP contribution in [0.1, 0.15) is 23.2 Å². The molecule has 0 spiro atoms. The molecule has 96 valence electrons. The highest BCUT2D eigenvalue weighted by Crippen LogP contribution is 2.17. The van der Waals surface area contributed by atoms with Gasteiger partial charge in [-0.1, -0.05) is 17.2 Å². The molecule has 2 amide bonds. The summed E-state index contributed by atoms with van der Waals surface area (Å²) >= 11 is 0. The van der Waals surface area contributed by atoms with E-state index in [-0.39, 0.29) is 24.1 Å². The third-order valence-corrected chi connectivity index (χ3v) is 2.42. The molecule has 0 radical (unpaired) electrons. The van der Waals surface area contributed by atoms with Crippen molar-refractivity contribution in [3.8, 4) is 0 Å². The van der Waals surface area contributed by atoms with Crippen molar-refractivity contribution in [1.29, 1.82) is 0 Å². The van der Waals surface area contributed by atoms with Gasteiger partial charge in [-0.3, -0.25) is 9.59 Å². The molecule has 1 aliphatic rings. The number of rotatable bonds is 3. The zero-order valence-corrected chi connectivity index (χ0v) is 9.65. The molecule has 1 aromatic carbocycles. The second kappa shape index (κ2) is 5.19. The van der Waals surface area contributed by atoms with Gasteiger partial charge in [0, 0.05) is 23.4 Å². The summed E-state index contributed by atoms with van der Waals surface area (Å²) in [6.45, 7) is 0. The van der Waals surface area contributed by atoms with Crippen molar-refractivity contribution in [2.24, 2.45) is 5.11 Å². The first-order valence-corrected chi connectivity index (χ1v) is 5.35. The highest BCUT2D eigenvalue weighted by molar-refractivity contribution is 6.02. The molecule has 0 N–H and O–H groups in total. The molecule has 1 saturated heterocycles. The molecule has 19 heavy (non-hydrogen) atoms. The smallest absolute Gasteiger partial charge is 0.325 e. The summed E-state index contributed by atoms with van der Waals surface area (Å²) in [7, 11) is 0. The van der Waals surface area contributed by atoms with Crippen LogP contribution in [0.5, 0.6) is 0 Å². The molecule has 0 unspecified atom stereocenters. The van der Waals surface area contributed by atoms with Crippen LogP contribution in [0.3, 0.4) is 0 Å². The summed E-state index contributed by atoms with van der Waals surface area (Å²) in [6, 6.07) is 5.72. The van der Waals surface area contributed by atoms with Crippen LogP contribution in [-0.2, 0) is 14.4 Å². The lowest BCUT2D eigenvalue weighted by molar-refractivity contribution is -0.172. The largest absolute Gasteiger partial charge is 0.363 e. The van der Waals surface area contributed by atoms with Crippen LogP contribution in [0.2, 0.25) is 0 Å². The molecule has 1 aliphatic heterocycles. The minimum absolute atomic E-state index is 0.0326. The number of hydrogen-bond acceptors (Lipinski definition) is 5. The summed E-state index contributed by atoms with van der Waals surface area (Å²) in [5.74, 6) is -1.97. The Bertz CT molecular complexity index is 590. The Morgan fingerprint density at radius 3 is 2.63 bits per heavy atom. The maximum absolute atomic E-state index is 11.7. The predicted octanol–water partition coefficient (Wildman–Crippen LogP) is 1.85. The van der Waals surface area contributed by atoms with Crippen LogP contribution < -0.4 is 0 Å². The molecule has 0 aromatic heterocycles. The fraction of sp³-hybridized carbons (Fsp3) is 0.182. The van der Waals surface area contributed by atoms with E-state index in [4.69, 9.17) is 10.4 Å². The van der Waals surface area contributed by atoms with E-state index >= 15 is 0 Å². The topological polar surface area (TPSA) is 112 Å². The summed E-state index contributed by atoms with van der Waals surface area (Å²) < 4.78 is 0. The molecular formula is C11H8N4O4. The highest BCUT2D eigenvalue weighted by Gasteiger charge is 2.33. The van der Waals surface area contributed by atoms with Gasteiger partial charge in [-0.15, -0.1) is 5.06 Å². The fourth-order valence-corrected chi connectivity index (χ4v) is 1.54. The van der Waals surface area contributed by atoms with Crippen molar-refractivity contribution in [3.63, 3.8) is 0 Å². The van der Waals surface area contributed by atoms with Gasteiger partial charge in [0.2, 0.25) is 0 Å². The van der Waals surface area contributed by atoms with Crippen molar-refractivity contribution in [2.45, 2.75) is 12.8 Å². The molecule has 1 fully saturated rings. The van der Waals surface area contributed by atoms with Gasteiger partial charge in [-0.2, -0.15) is 0 Å². The van der Waals surface area contributed by atoms with Crippen LogP contribution in [0, 0.1) is 0 Å². The van der Waals surface area contributed by atoms with E-state index in [1.807, 2.05) is 0 Å². The van der Waals surface area contributed by atoms with E-state index in [2.05, 4.69) is 10.0 Å². The lowest BCUT2D eigenvalue weighted by Gasteiger charge is -2.12. The maximum atomic E-state index is 11.7. The van der Waals surface area contributed by atoms with Crippen LogP contribution in [-0.4, -0.2) is 22.8 Å². The molecule has 8 nitrogen and oxygen atoms in total. The molecule has 1 heterocycles. The number of hydroxylamine groups is 2. The van der Waals surface area contributed by atoms with Gasteiger partial charge >= 0.3 is 5.97 Å². The fourth-order valence-electron chi connectivity index (χ4n) is 1.54. The standard InChI is InChI=1S/C11H8N4O4/c12-14-13-8-3-1-2-7(6-8)11(18)19-15-9(16)4-5-10(15)17/h1-3,6H,4-5H2. The lowest BCUT2D eigenvalue weighted by atomic mass is 10.2. The van der Waals surface area contributed by atoms with Crippen LogP contribution in [0.15, 0.2) is 29.4 Å². The van der Waals surface area contributed by atoms with Gasteiger partial charge < -0.3 is 4.84 Å². The summed E-state index contributed by atoms with van der Waals surface area (Å²) in [5.41, 5.74) is 8.61. The van der Waals surface area contributed by atoms with E-state index < -0.39 is 17.8 Å². The number of nitrogens with zero attached hydrogens (tertiary/aromatic N) is 4. The predicted molar refractivity (Wildman–Crippen MR) is 61.8 cm³/mol. The van der Waals surface area contributed by atoms with Gasteiger partial charge in [0.05, 0.1) is 5.56 Å². The molecule has 0 atom stereocenters. The number of carbonyl (C=O) groups excluding carboxylic acids is 3. The van der Waals surface area contributed by atoms with Crippen LogP contribution in [0.25, 0.3) is 10.4 Å². The van der Waals surface area contributed by atoms with Crippen molar-refractivity contribution < 1.29 is 19.2 Å². The van der Waals surface area contributed by atoms with Crippen molar-refractivity contribution in [2.75, 3.05) is 0 Å². The normalized spacial score (nSPS) is 14.2. The van der Waals surface area contributed by atoms with E-state index in [0.717, 1.165) is 0 Å².